The van der Waals surface area contributed by atoms with Gasteiger partial charge >= 0.3 is 0 Å². The first-order valence-corrected chi connectivity index (χ1v) is 6.34. The summed E-state index contributed by atoms with van der Waals surface area (Å²) in [6.45, 7) is 2.50. The van der Waals surface area contributed by atoms with E-state index in [9.17, 15) is 8.78 Å². The third-order valence-corrected chi connectivity index (χ3v) is 2.89. The SMILES string of the molecule is Cc1ccc(OCC(F)F)cc1-c1cnn(CCN)c1.Cl. The van der Waals surface area contributed by atoms with Crippen LogP contribution in [0, 0.1) is 6.92 Å². The maximum atomic E-state index is 12.2. The van der Waals surface area contributed by atoms with Crippen molar-refractivity contribution in [1.29, 1.82) is 0 Å². The highest BCUT2D eigenvalue weighted by Crippen LogP contribution is 2.27. The van der Waals surface area contributed by atoms with E-state index in [1.54, 1.807) is 23.0 Å². The quantitative estimate of drug-likeness (QED) is 0.891. The Balaban J connectivity index is 0.00000220. The number of nitrogens with two attached hydrogens (primary N) is 1. The minimum atomic E-state index is -2.48. The van der Waals surface area contributed by atoms with Gasteiger partial charge in [-0.25, -0.2) is 8.78 Å². The summed E-state index contributed by atoms with van der Waals surface area (Å²) in [4.78, 5) is 0. The zero-order valence-corrected chi connectivity index (χ0v) is 12.4. The topological polar surface area (TPSA) is 53.1 Å². The van der Waals surface area contributed by atoms with Crippen molar-refractivity contribution in [3.05, 3.63) is 36.2 Å². The predicted octanol–water partition coefficient (Wildman–Crippen LogP) is 2.88. The lowest BCUT2D eigenvalue weighted by Gasteiger charge is -2.09. The molecule has 21 heavy (non-hydrogen) atoms. The van der Waals surface area contributed by atoms with Gasteiger partial charge < -0.3 is 10.5 Å². The highest BCUT2D eigenvalue weighted by molar-refractivity contribution is 5.85. The molecule has 1 heterocycles. The molecule has 7 heteroatoms. The maximum Gasteiger partial charge on any atom is 0.272 e. The third-order valence-electron chi connectivity index (χ3n) is 2.89. The van der Waals surface area contributed by atoms with Crippen LogP contribution in [0.15, 0.2) is 30.6 Å². The van der Waals surface area contributed by atoms with Crippen LogP contribution in [0.1, 0.15) is 5.56 Å². The number of benzene rings is 1. The van der Waals surface area contributed by atoms with E-state index in [1.807, 2.05) is 19.2 Å². The number of rotatable bonds is 6. The molecule has 1 aromatic heterocycles. The van der Waals surface area contributed by atoms with Crippen molar-refractivity contribution in [2.24, 2.45) is 5.73 Å². The molecule has 0 unspecified atom stereocenters. The van der Waals surface area contributed by atoms with Crippen LogP contribution >= 0.6 is 12.4 Å². The molecule has 0 aliphatic heterocycles. The summed E-state index contributed by atoms with van der Waals surface area (Å²) < 4.78 is 31.1. The standard InChI is InChI=1S/C14H17F2N3O.ClH/c1-10-2-3-12(20-9-14(15)16)6-13(10)11-7-18-19(8-11)5-4-17;/h2-3,6-8,14H,4-5,9,17H2,1H3;1H. The Morgan fingerprint density at radius 2 is 2.14 bits per heavy atom. The fourth-order valence-electron chi connectivity index (χ4n) is 1.92. The number of halogens is 3. The lowest BCUT2D eigenvalue weighted by atomic mass is 10.0. The number of aromatic nitrogens is 2. The molecule has 1 aromatic carbocycles. The lowest BCUT2D eigenvalue weighted by Crippen LogP contribution is -2.09. The Labute approximate surface area is 128 Å². The van der Waals surface area contributed by atoms with E-state index >= 15 is 0 Å². The smallest absolute Gasteiger partial charge is 0.272 e. The summed E-state index contributed by atoms with van der Waals surface area (Å²) in [5.74, 6) is 0.428. The molecule has 0 bridgehead atoms. The van der Waals surface area contributed by atoms with Gasteiger partial charge in [-0.2, -0.15) is 5.10 Å². The van der Waals surface area contributed by atoms with E-state index < -0.39 is 13.0 Å². The van der Waals surface area contributed by atoms with Gasteiger partial charge in [0.1, 0.15) is 12.4 Å². The van der Waals surface area contributed by atoms with E-state index in [-0.39, 0.29) is 12.4 Å². The van der Waals surface area contributed by atoms with Crippen LogP contribution in [0.5, 0.6) is 5.75 Å². The van der Waals surface area contributed by atoms with Crippen LogP contribution in [-0.2, 0) is 6.54 Å². The van der Waals surface area contributed by atoms with Gasteiger partial charge in [-0.05, 0) is 30.2 Å². The van der Waals surface area contributed by atoms with Crippen molar-refractivity contribution < 1.29 is 13.5 Å². The van der Waals surface area contributed by atoms with E-state index in [0.29, 0.717) is 18.8 Å². The molecule has 0 atom stereocenters. The van der Waals surface area contributed by atoms with Gasteiger partial charge in [0.2, 0.25) is 0 Å². The Hall–Kier alpha value is -1.66. The van der Waals surface area contributed by atoms with Gasteiger partial charge in [-0.3, -0.25) is 4.68 Å². The zero-order valence-electron chi connectivity index (χ0n) is 11.6. The normalized spacial score (nSPS) is 10.5. The molecule has 2 aromatic rings. The van der Waals surface area contributed by atoms with Gasteiger partial charge in [0.15, 0.2) is 0 Å². The van der Waals surface area contributed by atoms with Crippen LogP contribution in [0.4, 0.5) is 8.78 Å². The summed E-state index contributed by atoms with van der Waals surface area (Å²) in [6, 6.07) is 5.28. The molecule has 0 radical (unpaired) electrons. The molecule has 116 valence electrons. The number of alkyl halides is 2. The summed E-state index contributed by atoms with van der Waals surface area (Å²) in [5, 5.41) is 4.20. The van der Waals surface area contributed by atoms with Gasteiger partial charge in [0.05, 0.1) is 12.7 Å². The molecule has 2 N–H and O–H groups in total. The molecule has 0 saturated heterocycles. The predicted molar refractivity (Wildman–Crippen MR) is 80.2 cm³/mol. The first-order chi connectivity index (χ1) is 9.60. The Bertz CT molecular complexity index is 575. The van der Waals surface area contributed by atoms with Gasteiger partial charge in [0, 0.05) is 18.3 Å². The second kappa shape index (κ2) is 7.95. The molecule has 0 aliphatic carbocycles. The first-order valence-electron chi connectivity index (χ1n) is 6.34. The molecule has 0 amide bonds. The molecule has 0 fully saturated rings. The summed E-state index contributed by atoms with van der Waals surface area (Å²) in [6.07, 6.45) is 1.13. The summed E-state index contributed by atoms with van der Waals surface area (Å²) >= 11 is 0. The highest BCUT2D eigenvalue weighted by Gasteiger charge is 2.09. The van der Waals surface area contributed by atoms with Crippen molar-refractivity contribution >= 4 is 12.4 Å². The van der Waals surface area contributed by atoms with Crippen LogP contribution in [-0.4, -0.2) is 29.4 Å². The summed E-state index contributed by atoms with van der Waals surface area (Å²) in [7, 11) is 0. The van der Waals surface area contributed by atoms with Crippen molar-refractivity contribution in [3.63, 3.8) is 0 Å². The Kier molecular flexibility index (Phi) is 6.58. The number of hydrogen-bond acceptors (Lipinski definition) is 3. The lowest BCUT2D eigenvalue weighted by molar-refractivity contribution is 0.0819. The van der Waals surface area contributed by atoms with Crippen LogP contribution < -0.4 is 10.5 Å². The fourth-order valence-corrected chi connectivity index (χ4v) is 1.92. The fraction of sp³-hybridized carbons (Fsp3) is 0.357. The molecule has 0 saturated carbocycles. The molecule has 2 rings (SSSR count). The largest absolute Gasteiger partial charge is 0.488 e. The number of hydrogen-bond donors (Lipinski definition) is 1. The zero-order chi connectivity index (χ0) is 14.5. The number of aryl methyl sites for hydroxylation is 1. The Morgan fingerprint density at radius 1 is 1.38 bits per heavy atom. The van der Waals surface area contributed by atoms with Gasteiger partial charge in [0.25, 0.3) is 6.43 Å². The van der Waals surface area contributed by atoms with E-state index in [0.717, 1.165) is 16.7 Å². The van der Waals surface area contributed by atoms with Gasteiger partial charge in [-0.1, -0.05) is 6.07 Å². The number of nitrogens with zero attached hydrogens (tertiary/aromatic N) is 2. The highest BCUT2D eigenvalue weighted by atomic mass is 35.5. The van der Waals surface area contributed by atoms with E-state index in [2.05, 4.69) is 5.10 Å². The second-order valence-electron chi connectivity index (χ2n) is 4.46. The molecular formula is C14H18ClF2N3O. The first kappa shape index (κ1) is 17.4. The minimum Gasteiger partial charge on any atom is -0.488 e. The molecule has 0 aliphatic rings. The van der Waals surface area contributed by atoms with E-state index in [1.165, 1.54) is 0 Å². The van der Waals surface area contributed by atoms with Crippen molar-refractivity contribution in [2.75, 3.05) is 13.2 Å². The monoisotopic (exact) mass is 317 g/mol. The second-order valence-corrected chi connectivity index (χ2v) is 4.46. The minimum absolute atomic E-state index is 0. The van der Waals surface area contributed by atoms with Gasteiger partial charge in [-0.15, -0.1) is 12.4 Å². The third kappa shape index (κ3) is 4.68. The van der Waals surface area contributed by atoms with Crippen LogP contribution in [0.2, 0.25) is 0 Å². The average Bonchev–Trinajstić information content (AvgIpc) is 2.86. The average molecular weight is 318 g/mol. The van der Waals surface area contributed by atoms with Crippen molar-refractivity contribution in [2.45, 2.75) is 19.9 Å². The van der Waals surface area contributed by atoms with Crippen molar-refractivity contribution in [3.8, 4) is 16.9 Å². The van der Waals surface area contributed by atoms with Crippen LogP contribution in [0.3, 0.4) is 0 Å². The Morgan fingerprint density at radius 3 is 2.81 bits per heavy atom. The summed E-state index contributed by atoms with van der Waals surface area (Å²) in [5.41, 5.74) is 8.34. The molecule has 0 spiro atoms. The maximum absolute atomic E-state index is 12.2. The molecule has 4 nitrogen and oxygen atoms in total. The molecular weight excluding hydrogens is 300 g/mol. The van der Waals surface area contributed by atoms with Crippen molar-refractivity contribution in [1.82, 2.24) is 9.78 Å². The van der Waals surface area contributed by atoms with Crippen LogP contribution in [0.25, 0.3) is 11.1 Å². The number of ether oxygens (including phenoxy) is 1. The van der Waals surface area contributed by atoms with E-state index in [4.69, 9.17) is 10.5 Å².